The molecule has 0 spiro atoms. The van der Waals surface area contributed by atoms with Crippen LogP contribution in [-0.4, -0.2) is 54.1 Å². The average molecular weight is 251 g/mol. The van der Waals surface area contributed by atoms with E-state index >= 15 is 0 Å². The van der Waals surface area contributed by atoms with Crippen LogP contribution >= 0.6 is 0 Å². The lowest BCUT2D eigenvalue weighted by molar-refractivity contribution is 0.0355. The summed E-state index contributed by atoms with van der Waals surface area (Å²) in [6.45, 7) is 9.84. The molecule has 0 bridgehead atoms. The molecule has 1 heterocycles. The van der Waals surface area contributed by atoms with Gasteiger partial charge in [0.1, 0.15) is 0 Å². The highest BCUT2D eigenvalue weighted by molar-refractivity contribution is 4.95. The molecule has 0 aromatic carbocycles. The summed E-state index contributed by atoms with van der Waals surface area (Å²) in [5, 5.41) is 0. The molecular weight excluding hydrogens is 222 g/mol. The Balaban J connectivity index is 1.57. The molecule has 0 aromatic rings. The molecule has 1 saturated heterocycles. The van der Waals surface area contributed by atoms with E-state index in [0.29, 0.717) is 17.5 Å². The second kappa shape index (κ2) is 4.77. The van der Waals surface area contributed by atoms with Crippen LogP contribution < -0.4 is 5.73 Å². The van der Waals surface area contributed by atoms with Gasteiger partial charge in [0.2, 0.25) is 0 Å². The topological polar surface area (TPSA) is 32.5 Å². The highest BCUT2D eigenvalue weighted by Gasteiger charge is 2.38. The molecule has 0 radical (unpaired) electrons. The first-order valence-corrected chi connectivity index (χ1v) is 7.79. The van der Waals surface area contributed by atoms with Crippen molar-refractivity contribution in [3.05, 3.63) is 0 Å². The summed E-state index contributed by atoms with van der Waals surface area (Å²) in [6, 6.07) is 1.98. The number of rotatable bonds is 2. The zero-order valence-electron chi connectivity index (χ0n) is 12.1. The summed E-state index contributed by atoms with van der Waals surface area (Å²) in [4.78, 5) is 5.38. The van der Waals surface area contributed by atoms with Crippen molar-refractivity contribution in [2.45, 2.75) is 64.1 Å². The Morgan fingerprint density at radius 1 is 0.944 bits per heavy atom. The monoisotopic (exact) mass is 251 g/mol. The fourth-order valence-corrected chi connectivity index (χ4v) is 3.84. The van der Waals surface area contributed by atoms with Gasteiger partial charge in [-0.15, -0.1) is 0 Å². The van der Waals surface area contributed by atoms with Crippen molar-refractivity contribution in [3.8, 4) is 0 Å². The van der Waals surface area contributed by atoms with E-state index in [1.54, 1.807) is 0 Å². The Kier molecular flexibility index (Phi) is 3.41. The van der Waals surface area contributed by atoms with Crippen LogP contribution in [-0.2, 0) is 0 Å². The fraction of sp³-hybridized carbons (Fsp3) is 1.00. The maximum atomic E-state index is 6.38. The summed E-state index contributed by atoms with van der Waals surface area (Å²) < 4.78 is 0. The number of hydrogen-bond acceptors (Lipinski definition) is 3. The highest BCUT2D eigenvalue weighted by atomic mass is 15.3. The summed E-state index contributed by atoms with van der Waals surface area (Å²) in [5.41, 5.74) is 6.88. The molecule has 1 aliphatic heterocycles. The van der Waals surface area contributed by atoms with E-state index in [2.05, 4.69) is 23.6 Å². The van der Waals surface area contributed by atoms with Gasteiger partial charge in [-0.3, -0.25) is 9.80 Å². The lowest BCUT2D eigenvalue weighted by atomic mass is 9.72. The zero-order chi connectivity index (χ0) is 12.8. The van der Waals surface area contributed by atoms with Crippen molar-refractivity contribution in [2.75, 3.05) is 26.2 Å². The van der Waals surface area contributed by atoms with Crippen molar-refractivity contribution in [1.82, 2.24) is 9.80 Å². The molecule has 2 saturated carbocycles. The van der Waals surface area contributed by atoms with Gasteiger partial charge in [0.05, 0.1) is 0 Å². The number of piperazine rings is 1. The lowest BCUT2D eigenvalue weighted by Gasteiger charge is -2.47. The van der Waals surface area contributed by atoms with Gasteiger partial charge >= 0.3 is 0 Å². The van der Waals surface area contributed by atoms with Crippen molar-refractivity contribution >= 4 is 0 Å². The van der Waals surface area contributed by atoms with Gasteiger partial charge in [0.15, 0.2) is 0 Å². The standard InChI is InChI=1S/C15H29N3/c1-15(2)6-5-13(16)14(11-15)18-9-7-17(8-10-18)12-3-4-12/h12-14H,3-11,16H2,1-2H3. The Morgan fingerprint density at radius 3 is 2.17 bits per heavy atom. The van der Waals surface area contributed by atoms with Crippen LogP contribution in [0.4, 0.5) is 0 Å². The molecule has 3 rings (SSSR count). The molecule has 18 heavy (non-hydrogen) atoms. The van der Waals surface area contributed by atoms with Gasteiger partial charge in [0, 0.05) is 44.3 Å². The summed E-state index contributed by atoms with van der Waals surface area (Å²) in [7, 11) is 0. The lowest BCUT2D eigenvalue weighted by Crippen LogP contribution is -2.58. The number of nitrogens with two attached hydrogens (primary N) is 1. The van der Waals surface area contributed by atoms with E-state index < -0.39 is 0 Å². The third-order valence-corrected chi connectivity index (χ3v) is 5.29. The maximum absolute atomic E-state index is 6.38. The minimum atomic E-state index is 0.408. The largest absolute Gasteiger partial charge is 0.326 e. The molecule has 0 amide bonds. The van der Waals surface area contributed by atoms with E-state index in [1.807, 2.05) is 0 Å². The highest BCUT2D eigenvalue weighted by Crippen LogP contribution is 2.37. The smallest absolute Gasteiger partial charge is 0.0253 e. The summed E-state index contributed by atoms with van der Waals surface area (Å²) in [5.74, 6) is 0. The SMILES string of the molecule is CC1(C)CCC(N)C(N2CCN(C3CC3)CC2)C1. The second-order valence-corrected chi connectivity index (χ2v) is 7.44. The van der Waals surface area contributed by atoms with Gasteiger partial charge in [-0.1, -0.05) is 13.8 Å². The fourth-order valence-electron chi connectivity index (χ4n) is 3.84. The normalized spacial score (nSPS) is 38.8. The molecule has 3 heteroatoms. The first-order valence-electron chi connectivity index (χ1n) is 7.79. The van der Waals surface area contributed by atoms with Crippen molar-refractivity contribution in [3.63, 3.8) is 0 Å². The van der Waals surface area contributed by atoms with Gasteiger partial charge < -0.3 is 5.73 Å². The van der Waals surface area contributed by atoms with E-state index in [-0.39, 0.29) is 0 Å². The molecule has 3 aliphatic rings. The number of hydrogen-bond donors (Lipinski definition) is 1. The van der Waals surface area contributed by atoms with Gasteiger partial charge in [-0.2, -0.15) is 0 Å². The van der Waals surface area contributed by atoms with Crippen LogP contribution in [0, 0.1) is 5.41 Å². The third kappa shape index (κ3) is 2.73. The van der Waals surface area contributed by atoms with Gasteiger partial charge in [-0.25, -0.2) is 0 Å². The average Bonchev–Trinajstić information content (AvgIpc) is 3.17. The van der Waals surface area contributed by atoms with Crippen LogP contribution in [0.3, 0.4) is 0 Å². The molecule has 2 aliphatic carbocycles. The van der Waals surface area contributed by atoms with Crippen LogP contribution in [0.1, 0.15) is 46.0 Å². The molecule has 2 unspecified atom stereocenters. The van der Waals surface area contributed by atoms with Crippen molar-refractivity contribution in [2.24, 2.45) is 11.1 Å². The summed E-state index contributed by atoms with van der Waals surface area (Å²) >= 11 is 0. The summed E-state index contributed by atoms with van der Waals surface area (Å²) in [6.07, 6.45) is 6.68. The van der Waals surface area contributed by atoms with Gasteiger partial charge in [-0.05, 0) is 37.5 Å². The Hall–Kier alpha value is -0.120. The molecule has 2 N–H and O–H groups in total. The van der Waals surface area contributed by atoms with Crippen LogP contribution in [0.15, 0.2) is 0 Å². The van der Waals surface area contributed by atoms with E-state index in [1.165, 1.54) is 58.3 Å². The molecule has 3 nitrogen and oxygen atoms in total. The zero-order valence-corrected chi connectivity index (χ0v) is 12.1. The predicted molar refractivity (Wildman–Crippen MR) is 75.6 cm³/mol. The Morgan fingerprint density at radius 2 is 1.56 bits per heavy atom. The predicted octanol–water partition coefficient (Wildman–Crippen LogP) is 1.67. The molecule has 3 fully saturated rings. The van der Waals surface area contributed by atoms with Crippen LogP contribution in [0.5, 0.6) is 0 Å². The van der Waals surface area contributed by atoms with E-state index in [0.717, 1.165) is 6.04 Å². The van der Waals surface area contributed by atoms with E-state index in [4.69, 9.17) is 5.73 Å². The molecule has 2 atom stereocenters. The minimum Gasteiger partial charge on any atom is -0.326 e. The van der Waals surface area contributed by atoms with Gasteiger partial charge in [0.25, 0.3) is 0 Å². The minimum absolute atomic E-state index is 0.408. The van der Waals surface area contributed by atoms with Crippen LogP contribution in [0.25, 0.3) is 0 Å². The van der Waals surface area contributed by atoms with Crippen molar-refractivity contribution < 1.29 is 0 Å². The van der Waals surface area contributed by atoms with E-state index in [9.17, 15) is 0 Å². The second-order valence-electron chi connectivity index (χ2n) is 7.44. The molecular formula is C15H29N3. The third-order valence-electron chi connectivity index (χ3n) is 5.29. The molecule has 0 aromatic heterocycles. The maximum Gasteiger partial charge on any atom is 0.0253 e. The quantitative estimate of drug-likeness (QED) is 0.810. The van der Waals surface area contributed by atoms with Crippen LogP contribution in [0.2, 0.25) is 0 Å². The Bertz CT molecular complexity index is 290. The first-order chi connectivity index (χ1) is 8.55. The first kappa shape index (κ1) is 12.9. The Labute approximate surface area is 112 Å². The molecule has 104 valence electrons. The number of nitrogens with zero attached hydrogens (tertiary/aromatic N) is 2. The van der Waals surface area contributed by atoms with Crippen molar-refractivity contribution in [1.29, 1.82) is 0 Å².